The van der Waals surface area contributed by atoms with Crippen LogP contribution in [0.1, 0.15) is 6.42 Å². The summed E-state index contributed by atoms with van der Waals surface area (Å²) in [5.41, 5.74) is 7.09. The second-order valence-electron chi connectivity index (χ2n) is 4.29. The standard InChI is InChI=1S/C11H14N4O4S/c1-15(5-4-10(16)17)20(18,19)11-13-8-3-2-7(12)6-9(8)14-11/h2-3,6H,4-5,12H2,1H3,(H,13,14)(H,16,17). The number of fused-ring (bicyclic) bond motifs is 1. The van der Waals surface area contributed by atoms with Gasteiger partial charge in [-0.05, 0) is 18.2 Å². The monoisotopic (exact) mass is 298 g/mol. The Morgan fingerprint density at radius 1 is 1.50 bits per heavy atom. The first-order chi connectivity index (χ1) is 9.30. The van der Waals surface area contributed by atoms with E-state index in [1.807, 2.05) is 0 Å². The highest BCUT2D eigenvalue weighted by atomic mass is 32.2. The Labute approximate surface area is 115 Å². The molecular formula is C11H14N4O4S. The van der Waals surface area contributed by atoms with Crippen LogP contribution in [0.15, 0.2) is 23.4 Å². The summed E-state index contributed by atoms with van der Waals surface area (Å²) in [5, 5.41) is 8.35. The summed E-state index contributed by atoms with van der Waals surface area (Å²) in [7, 11) is -2.54. The number of aromatic nitrogens is 2. The summed E-state index contributed by atoms with van der Waals surface area (Å²) in [4.78, 5) is 17.1. The maximum Gasteiger partial charge on any atom is 0.304 e. The predicted octanol–water partition coefficient (Wildman–Crippen LogP) is 0.240. The number of nitrogens with one attached hydrogen (secondary N) is 1. The molecule has 0 bridgehead atoms. The molecule has 0 aliphatic carbocycles. The molecule has 0 aliphatic heterocycles. The molecule has 108 valence electrons. The number of aromatic amines is 1. The number of carboxylic acid groups (broad SMARTS) is 1. The number of nitrogen functional groups attached to an aromatic ring is 1. The number of hydrogen-bond acceptors (Lipinski definition) is 5. The predicted molar refractivity (Wildman–Crippen MR) is 72.6 cm³/mol. The Bertz CT molecular complexity index is 753. The van der Waals surface area contributed by atoms with Gasteiger partial charge in [0.25, 0.3) is 10.0 Å². The van der Waals surface area contributed by atoms with E-state index in [4.69, 9.17) is 10.8 Å². The highest BCUT2D eigenvalue weighted by Gasteiger charge is 2.25. The number of H-pyrrole nitrogens is 1. The molecule has 0 atom stereocenters. The summed E-state index contributed by atoms with van der Waals surface area (Å²) in [5.74, 6) is -1.07. The van der Waals surface area contributed by atoms with E-state index in [-0.39, 0.29) is 18.1 Å². The Balaban J connectivity index is 2.33. The van der Waals surface area contributed by atoms with Crippen molar-refractivity contribution >= 4 is 32.7 Å². The molecule has 20 heavy (non-hydrogen) atoms. The molecule has 2 aromatic rings. The SMILES string of the molecule is CN(CCC(=O)O)S(=O)(=O)c1nc2ccc(N)cc2[nH]1. The summed E-state index contributed by atoms with van der Waals surface area (Å²) < 4.78 is 25.4. The van der Waals surface area contributed by atoms with Crippen LogP contribution in [0.25, 0.3) is 11.0 Å². The lowest BCUT2D eigenvalue weighted by molar-refractivity contribution is -0.137. The number of carbonyl (C=O) groups is 1. The Morgan fingerprint density at radius 2 is 2.20 bits per heavy atom. The second kappa shape index (κ2) is 5.10. The van der Waals surface area contributed by atoms with Gasteiger partial charge in [-0.25, -0.2) is 13.4 Å². The van der Waals surface area contributed by atoms with E-state index in [1.165, 1.54) is 7.05 Å². The van der Waals surface area contributed by atoms with Crippen molar-refractivity contribution in [1.29, 1.82) is 0 Å². The largest absolute Gasteiger partial charge is 0.481 e. The number of nitrogens with two attached hydrogens (primary N) is 1. The Hall–Kier alpha value is -2.13. The lowest BCUT2D eigenvalue weighted by atomic mass is 10.3. The van der Waals surface area contributed by atoms with E-state index >= 15 is 0 Å². The quantitative estimate of drug-likeness (QED) is 0.678. The molecule has 0 spiro atoms. The van der Waals surface area contributed by atoms with Crippen LogP contribution in [0.3, 0.4) is 0 Å². The molecular weight excluding hydrogens is 284 g/mol. The van der Waals surface area contributed by atoms with Crippen molar-refractivity contribution in [1.82, 2.24) is 14.3 Å². The zero-order valence-electron chi connectivity index (χ0n) is 10.7. The van der Waals surface area contributed by atoms with Gasteiger partial charge in [0, 0.05) is 19.3 Å². The first kappa shape index (κ1) is 14.3. The Morgan fingerprint density at radius 3 is 2.85 bits per heavy atom. The molecule has 0 fully saturated rings. The summed E-state index contributed by atoms with van der Waals surface area (Å²) in [6.07, 6.45) is -0.275. The molecule has 0 radical (unpaired) electrons. The third kappa shape index (κ3) is 2.73. The van der Waals surface area contributed by atoms with Gasteiger partial charge >= 0.3 is 5.97 Å². The van der Waals surface area contributed by atoms with Gasteiger partial charge in [-0.2, -0.15) is 4.31 Å². The van der Waals surface area contributed by atoms with Gasteiger partial charge in [-0.15, -0.1) is 0 Å². The maximum atomic E-state index is 12.2. The zero-order chi connectivity index (χ0) is 14.9. The van der Waals surface area contributed by atoms with Crippen LogP contribution in [0, 0.1) is 0 Å². The van der Waals surface area contributed by atoms with E-state index in [0.717, 1.165) is 4.31 Å². The molecule has 1 aromatic carbocycles. The molecule has 8 nitrogen and oxygen atoms in total. The Kier molecular flexibility index (Phi) is 3.64. The average molecular weight is 298 g/mol. The van der Waals surface area contributed by atoms with Crippen LogP contribution in [0.4, 0.5) is 5.69 Å². The van der Waals surface area contributed by atoms with Crippen LogP contribution in [-0.2, 0) is 14.8 Å². The summed E-state index contributed by atoms with van der Waals surface area (Å²) >= 11 is 0. The minimum atomic E-state index is -3.85. The number of rotatable bonds is 5. The fourth-order valence-electron chi connectivity index (χ4n) is 1.65. The molecule has 2 rings (SSSR count). The minimum Gasteiger partial charge on any atom is -0.481 e. The first-order valence-corrected chi connectivity index (χ1v) is 7.18. The van der Waals surface area contributed by atoms with Crippen molar-refractivity contribution in [2.45, 2.75) is 11.6 Å². The number of sulfonamides is 1. The van der Waals surface area contributed by atoms with E-state index < -0.39 is 16.0 Å². The van der Waals surface area contributed by atoms with E-state index in [9.17, 15) is 13.2 Å². The van der Waals surface area contributed by atoms with Gasteiger partial charge in [-0.1, -0.05) is 0 Å². The number of imidazole rings is 1. The molecule has 1 aromatic heterocycles. The van der Waals surface area contributed by atoms with E-state index in [0.29, 0.717) is 16.7 Å². The van der Waals surface area contributed by atoms with Gasteiger partial charge < -0.3 is 15.8 Å². The van der Waals surface area contributed by atoms with E-state index in [2.05, 4.69) is 9.97 Å². The minimum absolute atomic E-state index is 0.128. The molecule has 0 aliphatic rings. The van der Waals surface area contributed by atoms with Crippen LogP contribution in [0.5, 0.6) is 0 Å². The van der Waals surface area contributed by atoms with Crippen molar-refractivity contribution in [3.05, 3.63) is 18.2 Å². The van der Waals surface area contributed by atoms with Crippen molar-refractivity contribution in [2.24, 2.45) is 0 Å². The summed E-state index contributed by atoms with van der Waals surface area (Å²) in [6.45, 7) is -0.128. The van der Waals surface area contributed by atoms with E-state index in [1.54, 1.807) is 18.2 Å². The number of aliphatic carboxylic acids is 1. The van der Waals surface area contributed by atoms with Crippen molar-refractivity contribution in [2.75, 3.05) is 19.3 Å². The van der Waals surface area contributed by atoms with Crippen molar-refractivity contribution < 1.29 is 18.3 Å². The van der Waals surface area contributed by atoms with Gasteiger partial charge in [0.2, 0.25) is 5.16 Å². The average Bonchev–Trinajstić information content (AvgIpc) is 2.79. The molecule has 0 unspecified atom stereocenters. The number of benzene rings is 1. The highest BCUT2D eigenvalue weighted by molar-refractivity contribution is 7.88. The molecule has 0 saturated heterocycles. The number of carboxylic acids is 1. The molecule has 0 amide bonds. The van der Waals surface area contributed by atoms with Crippen molar-refractivity contribution in [3.8, 4) is 0 Å². The fourth-order valence-corrected chi connectivity index (χ4v) is 2.73. The normalized spacial score (nSPS) is 12.1. The van der Waals surface area contributed by atoms with Crippen LogP contribution in [0.2, 0.25) is 0 Å². The number of anilines is 1. The van der Waals surface area contributed by atoms with Crippen molar-refractivity contribution in [3.63, 3.8) is 0 Å². The molecule has 9 heteroatoms. The van der Waals surface area contributed by atoms with Crippen LogP contribution < -0.4 is 5.73 Å². The number of nitrogens with zero attached hydrogens (tertiary/aromatic N) is 2. The third-order valence-electron chi connectivity index (χ3n) is 2.78. The lowest BCUT2D eigenvalue weighted by Gasteiger charge is -2.13. The zero-order valence-corrected chi connectivity index (χ0v) is 11.5. The lowest BCUT2D eigenvalue weighted by Crippen LogP contribution is -2.30. The summed E-state index contributed by atoms with van der Waals surface area (Å²) in [6, 6.07) is 4.81. The molecule has 0 saturated carbocycles. The van der Waals surface area contributed by atoms with Gasteiger partial charge in [0.05, 0.1) is 17.5 Å². The molecule has 1 heterocycles. The number of hydrogen-bond donors (Lipinski definition) is 3. The first-order valence-electron chi connectivity index (χ1n) is 5.74. The molecule has 4 N–H and O–H groups in total. The van der Waals surface area contributed by atoms with Crippen LogP contribution in [-0.4, -0.2) is 47.4 Å². The topological polar surface area (TPSA) is 129 Å². The van der Waals surface area contributed by atoms with Gasteiger partial charge in [0.1, 0.15) is 0 Å². The smallest absolute Gasteiger partial charge is 0.304 e. The van der Waals surface area contributed by atoms with Gasteiger partial charge in [-0.3, -0.25) is 4.79 Å². The van der Waals surface area contributed by atoms with Crippen LogP contribution >= 0.6 is 0 Å². The van der Waals surface area contributed by atoms with Gasteiger partial charge in [0.15, 0.2) is 0 Å². The highest BCUT2D eigenvalue weighted by Crippen LogP contribution is 2.19. The maximum absolute atomic E-state index is 12.2. The third-order valence-corrected chi connectivity index (χ3v) is 4.46. The fraction of sp³-hybridized carbons (Fsp3) is 0.273. The second-order valence-corrected chi connectivity index (χ2v) is 6.25.